The van der Waals surface area contributed by atoms with Crippen molar-refractivity contribution in [3.05, 3.63) is 60.7 Å². The lowest BCUT2D eigenvalue weighted by molar-refractivity contribution is -0.156. The summed E-state index contributed by atoms with van der Waals surface area (Å²) < 4.78 is 6.83. The molecule has 1 unspecified atom stereocenters. The van der Waals surface area contributed by atoms with Gasteiger partial charge in [0.25, 0.3) is 0 Å². The monoisotopic (exact) mass is 399 g/mol. The first-order valence-corrected chi connectivity index (χ1v) is 14.8. The van der Waals surface area contributed by atoms with E-state index in [0.29, 0.717) is 0 Å². The van der Waals surface area contributed by atoms with Crippen LogP contribution in [-0.4, -0.2) is 24.2 Å². The molecule has 0 aromatic heterocycles. The highest BCUT2D eigenvalue weighted by atomic mass is 31.1. The zero-order valence-corrected chi connectivity index (χ0v) is 19.6. The van der Waals surface area contributed by atoms with Crippen LogP contribution in [0, 0.1) is 0 Å². The van der Waals surface area contributed by atoms with Crippen LogP contribution in [0.4, 0.5) is 0 Å². The van der Waals surface area contributed by atoms with Crippen molar-refractivity contribution in [2.24, 2.45) is 0 Å². The van der Waals surface area contributed by atoms with Gasteiger partial charge in [0.15, 0.2) is 0 Å². The van der Waals surface area contributed by atoms with Crippen molar-refractivity contribution in [1.82, 2.24) is 5.06 Å². The molecule has 1 aliphatic rings. The molecule has 0 bridgehead atoms. The quantitative estimate of drug-likeness (QED) is 0.445. The molecule has 146 valence electrons. The molecule has 1 heterocycles. The minimum Gasteiger partial charge on any atom is -0.342 e. The Morgan fingerprint density at radius 2 is 1.37 bits per heavy atom. The Morgan fingerprint density at radius 1 is 0.889 bits per heavy atom. The fourth-order valence-corrected chi connectivity index (χ4v) is 8.61. The molecule has 1 saturated heterocycles. The second-order valence-electron chi connectivity index (χ2n) is 9.15. The summed E-state index contributed by atoms with van der Waals surface area (Å²) in [4.78, 5) is 0. The van der Waals surface area contributed by atoms with Crippen LogP contribution >= 0.6 is 7.92 Å². The highest BCUT2D eigenvalue weighted by molar-refractivity contribution is 7.74. The van der Waals surface area contributed by atoms with Gasteiger partial charge in [0.2, 0.25) is 8.32 Å². The number of hydroxylamine groups is 2. The number of hydrogen-bond donors (Lipinski definition) is 0. The van der Waals surface area contributed by atoms with E-state index in [1.165, 1.54) is 23.5 Å². The summed E-state index contributed by atoms with van der Waals surface area (Å²) in [6.07, 6.45) is 3.44. The second-order valence-corrected chi connectivity index (χ2v) is 16.1. The van der Waals surface area contributed by atoms with Gasteiger partial charge in [-0.3, -0.25) is 0 Å². The Bertz CT molecular complexity index is 704. The first-order valence-electron chi connectivity index (χ1n) is 10.1. The van der Waals surface area contributed by atoms with E-state index in [1.54, 1.807) is 0 Å². The summed E-state index contributed by atoms with van der Waals surface area (Å²) in [6.45, 7) is 14.0. The predicted octanol–water partition coefficient (Wildman–Crippen LogP) is 5.87. The highest BCUT2D eigenvalue weighted by Gasteiger charge is 2.56. The Balaban J connectivity index is 2.18. The Morgan fingerprint density at radius 3 is 1.78 bits per heavy atom. The van der Waals surface area contributed by atoms with Crippen LogP contribution in [0.25, 0.3) is 0 Å². The molecule has 0 N–H and O–H groups in total. The summed E-state index contributed by atoms with van der Waals surface area (Å²) in [7, 11) is -2.29. The van der Waals surface area contributed by atoms with E-state index in [2.05, 4.69) is 106 Å². The van der Waals surface area contributed by atoms with Crippen molar-refractivity contribution in [1.29, 1.82) is 0 Å². The first-order chi connectivity index (χ1) is 12.7. The van der Waals surface area contributed by atoms with Crippen LogP contribution in [0.5, 0.6) is 0 Å². The van der Waals surface area contributed by atoms with Crippen LogP contribution in [0.2, 0.25) is 19.6 Å². The van der Waals surface area contributed by atoms with Gasteiger partial charge < -0.3 is 4.53 Å². The van der Waals surface area contributed by atoms with Gasteiger partial charge in [-0.2, -0.15) is 5.06 Å². The average molecular weight is 400 g/mol. The zero-order valence-electron chi connectivity index (χ0n) is 17.7. The first kappa shape index (κ1) is 20.7. The smallest absolute Gasteiger partial charge is 0.212 e. The van der Waals surface area contributed by atoms with Crippen LogP contribution in [0.15, 0.2) is 60.7 Å². The van der Waals surface area contributed by atoms with Crippen LogP contribution < -0.4 is 10.6 Å². The molecule has 1 aliphatic heterocycles. The SMILES string of the molecule is CCC1(P(c2ccccc2)c2ccccc2)CCC(C)(C)N1O[Si](C)(C)C. The molecule has 0 aliphatic carbocycles. The van der Waals surface area contributed by atoms with E-state index >= 15 is 0 Å². The van der Waals surface area contributed by atoms with Gasteiger partial charge in [-0.1, -0.05) is 67.6 Å². The lowest BCUT2D eigenvalue weighted by Gasteiger charge is -2.50. The molecule has 3 rings (SSSR count). The van der Waals surface area contributed by atoms with Crippen LogP contribution in [-0.2, 0) is 4.53 Å². The molecule has 1 atom stereocenters. The Hall–Kier alpha value is -0.993. The van der Waals surface area contributed by atoms with Gasteiger partial charge in [-0.05, 0) is 71.3 Å². The standard InChI is InChI=1S/C23H34NOPSi/c1-7-23(19-18-22(2,3)24(23)25-27(4,5)6)26(20-14-10-8-11-15-20)21-16-12-9-13-17-21/h8-17H,7,18-19H2,1-6H3. The maximum Gasteiger partial charge on any atom is 0.212 e. The third-order valence-corrected chi connectivity index (χ3v) is 9.35. The Kier molecular flexibility index (Phi) is 5.98. The van der Waals surface area contributed by atoms with Crippen molar-refractivity contribution >= 4 is 26.8 Å². The van der Waals surface area contributed by atoms with Gasteiger partial charge in [-0.25, -0.2) is 0 Å². The third-order valence-electron chi connectivity index (χ3n) is 5.44. The molecule has 2 nitrogen and oxygen atoms in total. The summed E-state index contributed by atoms with van der Waals surface area (Å²) in [6, 6.07) is 22.2. The molecule has 27 heavy (non-hydrogen) atoms. The second kappa shape index (κ2) is 7.79. The molecular formula is C23H34NOPSi. The highest BCUT2D eigenvalue weighted by Crippen LogP contribution is 2.61. The minimum atomic E-state index is -1.73. The van der Waals surface area contributed by atoms with Crippen molar-refractivity contribution < 1.29 is 4.53 Å². The fourth-order valence-electron chi connectivity index (χ4n) is 4.22. The van der Waals surface area contributed by atoms with E-state index in [0.717, 1.165) is 6.42 Å². The maximum absolute atomic E-state index is 6.83. The molecule has 2 aromatic carbocycles. The number of nitrogens with zero attached hydrogens (tertiary/aromatic N) is 1. The third kappa shape index (κ3) is 4.22. The number of benzene rings is 2. The largest absolute Gasteiger partial charge is 0.342 e. The van der Waals surface area contributed by atoms with E-state index in [4.69, 9.17) is 4.53 Å². The number of hydrogen-bond acceptors (Lipinski definition) is 2. The zero-order chi connectivity index (χ0) is 19.7. The van der Waals surface area contributed by atoms with Crippen LogP contribution in [0.3, 0.4) is 0 Å². The van der Waals surface area contributed by atoms with Gasteiger partial charge in [0.1, 0.15) is 0 Å². The van der Waals surface area contributed by atoms with Gasteiger partial charge in [0, 0.05) is 5.54 Å². The van der Waals surface area contributed by atoms with Crippen molar-refractivity contribution in [2.75, 3.05) is 0 Å². The van der Waals surface area contributed by atoms with E-state index in [9.17, 15) is 0 Å². The van der Waals surface area contributed by atoms with E-state index < -0.39 is 16.2 Å². The molecule has 0 spiro atoms. The summed E-state index contributed by atoms with van der Waals surface area (Å²) in [5.74, 6) is 0. The van der Waals surface area contributed by atoms with E-state index in [1.807, 2.05) is 0 Å². The predicted molar refractivity (Wildman–Crippen MR) is 122 cm³/mol. The fraction of sp³-hybridized carbons (Fsp3) is 0.478. The Labute approximate surface area is 167 Å². The topological polar surface area (TPSA) is 12.5 Å². The normalized spacial score (nSPS) is 23.1. The molecule has 1 fully saturated rings. The molecule has 2 aromatic rings. The maximum atomic E-state index is 6.83. The molecule has 4 heteroatoms. The number of rotatable bonds is 6. The lowest BCUT2D eigenvalue weighted by Crippen LogP contribution is -2.56. The van der Waals surface area contributed by atoms with E-state index in [-0.39, 0.29) is 10.8 Å². The van der Waals surface area contributed by atoms with Gasteiger partial charge in [0.05, 0.1) is 5.28 Å². The average Bonchev–Trinajstić information content (AvgIpc) is 2.88. The van der Waals surface area contributed by atoms with Gasteiger partial charge in [-0.15, -0.1) is 0 Å². The molecule has 0 radical (unpaired) electrons. The lowest BCUT2D eigenvalue weighted by atomic mass is 10.0. The molecular weight excluding hydrogens is 365 g/mol. The molecule has 0 amide bonds. The summed E-state index contributed by atoms with van der Waals surface area (Å²) in [5.41, 5.74) is 0.0560. The molecule has 0 saturated carbocycles. The summed E-state index contributed by atoms with van der Waals surface area (Å²) >= 11 is 0. The van der Waals surface area contributed by atoms with Crippen molar-refractivity contribution in [3.8, 4) is 0 Å². The van der Waals surface area contributed by atoms with Crippen molar-refractivity contribution in [2.45, 2.75) is 70.5 Å². The van der Waals surface area contributed by atoms with Gasteiger partial charge >= 0.3 is 0 Å². The summed E-state index contributed by atoms with van der Waals surface area (Å²) in [5, 5.41) is 5.38. The minimum absolute atomic E-state index is 0.0296. The van der Waals surface area contributed by atoms with Crippen LogP contribution in [0.1, 0.15) is 40.0 Å². The van der Waals surface area contributed by atoms with Crippen molar-refractivity contribution in [3.63, 3.8) is 0 Å².